The van der Waals surface area contributed by atoms with Crippen LogP contribution in [0.3, 0.4) is 0 Å². The lowest BCUT2D eigenvalue weighted by molar-refractivity contribution is 0.437. The van der Waals surface area contributed by atoms with E-state index >= 15 is 0 Å². The summed E-state index contributed by atoms with van der Waals surface area (Å²) in [4.78, 5) is 11.4. The minimum absolute atomic E-state index is 0.137. The summed E-state index contributed by atoms with van der Waals surface area (Å²) in [6.07, 6.45) is 3.27. The summed E-state index contributed by atoms with van der Waals surface area (Å²) in [6, 6.07) is 7.64. The van der Waals surface area contributed by atoms with Crippen LogP contribution in [0.4, 0.5) is 10.1 Å². The van der Waals surface area contributed by atoms with Crippen molar-refractivity contribution >= 4 is 27.6 Å². The second kappa shape index (κ2) is 6.42. The van der Waals surface area contributed by atoms with Gasteiger partial charge in [0.05, 0.1) is 22.9 Å². The Balaban J connectivity index is 1.58. The number of piperazine rings is 1. The number of phenolic OH excluding ortho intramolecular Hbond substituents is 1. The van der Waals surface area contributed by atoms with E-state index in [2.05, 4.69) is 25.3 Å². The van der Waals surface area contributed by atoms with Crippen LogP contribution in [0.1, 0.15) is 0 Å². The van der Waals surface area contributed by atoms with E-state index in [0.29, 0.717) is 22.2 Å². The summed E-state index contributed by atoms with van der Waals surface area (Å²) in [5, 5.41) is 18.3. The number of benzene rings is 2. The summed E-state index contributed by atoms with van der Waals surface area (Å²) >= 11 is 0. The number of aromatic nitrogens is 4. The molecule has 0 saturated carbocycles. The van der Waals surface area contributed by atoms with Crippen LogP contribution in [0.25, 0.3) is 33.2 Å². The normalized spacial score (nSPS) is 14.9. The molecule has 5 rings (SSSR count). The highest BCUT2D eigenvalue weighted by Crippen LogP contribution is 2.35. The number of nitrogens with one attached hydrogen (secondary N) is 1. The number of rotatable bonds is 2. The SMILES string of the molecule is Cn1cc2cc(-c3cnc4cc(N5CCNCC5)ccc4n3)c(O)c(F)c2n1. The molecule has 0 bridgehead atoms. The van der Waals surface area contributed by atoms with Gasteiger partial charge in [-0.05, 0) is 24.3 Å². The predicted octanol–water partition coefficient (Wildman–Crippen LogP) is 2.44. The van der Waals surface area contributed by atoms with E-state index in [1.54, 1.807) is 25.5 Å². The van der Waals surface area contributed by atoms with E-state index in [1.165, 1.54) is 4.68 Å². The molecule has 0 aliphatic carbocycles. The van der Waals surface area contributed by atoms with Crippen molar-refractivity contribution in [2.75, 3.05) is 31.1 Å². The molecule has 1 aliphatic heterocycles. The Morgan fingerprint density at radius 2 is 1.96 bits per heavy atom. The van der Waals surface area contributed by atoms with Crippen LogP contribution in [-0.2, 0) is 7.05 Å². The minimum Gasteiger partial charge on any atom is -0.504 e. The molecule has 2 N–H and O–H groups in total. The number of hydrogen-bond donors (Lipinski definition) is 2. The first-order chi connectivity index (χ1) is 13.6. The van der Waals surface area contributed by atoms with E-state index in [0.717, 1.165) is 37.4 Å². The highest BCUT2D eigenvalue weighted by atomic mass is 19.1. The average Bonchev–Trinajstić information content (AvgIpc) is 3.11. The number of nitrogens with zero attached hydrogens (tertiary/aromatic N) is 5. The molecule has 1 fully saturated rings. The van der Waals surface area contributed by atoms with E-state index in [1.807, 2.05) is 18.2 Å². The van der Waals surface area contributed by atoms with E-state index in [-0.39, 0.29) is 5.52 Å². The van der Waals surface area contributed by atoms with Crippen molar-refractivity contribution in [3.8, 4) is 17.0 Å². The summed E-state index contributed by atoms with van der Waals surface area (Å²) in [7, 11) is 1.71. The zero-order chi connectivity index (χ0) is 19.3. The molecule has 0 radical (unpaired) electrons. The predicted molar refractivity (Wildman–Crippen MR) is 106 cm³/mol. The number of hydrogen-bond acceptors (Lipinski definition) is 6. The zero-order valence-corrected chi connectivity index (χ0v) is 15.4. The summed E-state index contributed by atoms with van der Waals surface area (Å²) < 4.78 is 16.1. The standard InChI is InChI=1S/C20H19FN6O/c1-26-11-12-8-14(20(28)18(21)19(12)25-26)17-10-23-16-9-13(2-3-15(16)24-17)27-6-4-22-5-7-27/h2-3,8-11,22,28H,4-7H2,1H3. The Morgan fingerprint density at radius 1 is 1.14 bits per heavy atom. The number of aryl methyl sites for hydroxylation is 1. The van der Waals surface area contributed by atoms with Gasteiger partial charge in [-0.25, -0.2) is 9.37 Å². The molecule has 2 aromatic heterocycles. The Labute approximate surface area is 160 Å². The molecule has 0 atom stereocenters. The maximum Gasteiger partial charge on any atom is 0.193 e. The van der Waals surface area contributed by atoms with Gasteiger partial charge >= 0.3 is 0 Å². The van der Waals surface area contributed by atoms with Crippen molar-refractivity contribution in [2.24, 2.45) is 7.05 Å². The van der Waals surface area contributed by atoms with Crippen LogP contribution >= 0.6 is 0 Å². The van der Waals surface area contributed by atoms with Gasteiger partial charge in [-0.2, -0.15) is 5.10 Å². The maximum atomic E-state index is 14.5. The number of aromatic hydroxyl groups is 1. The van der Waals surface area contributed by atoms with E-state index in [9.17, 15) is 9.50 Å². The molecule has 0 unspecified atom stereocenters. The Morgan fingerprint density at radius 3 is 2.79 bits per heavy atom. The largest absolute Gasteiger partial charge is 0.504 e. The third-order valence-electron chi connectivity index (χ3n) is 5.11. The molecule has 4 aromatic rings. The van der Waals surface area contributed by atoms with Gasteiger partial charge in [0.25, 0.3) is 0 Å². The lowest BCUT2D eigenvalue weighted by Crippen LogP contribution is -2.43. The first-order valence-corrected chi connectivity index (χ1v) is 9.18. The quantitative estimate of drug-likeness (QED) is 0.558. The van der Waals surface area contributed by atoms with Crippen molar-refractivity contribution in [3.63, 3.8) is 0 Å². The van der Waals surface area contributed by atoms with Gasteiger partial charge in [-0.1, -0.05) is 0 Å². The highest BCUT2D eigenvalue weighted by molar-refractivity contribution is 5.89. The molecule has 0 amide bonds. The molecule has 7 nitrogen and oxygen atoms in total. The molecular formula is C20H19FN6O. The monoisotopic (exact) mass is 378 g/mol. The van der Waals surface area contributed by atoms with Gasteiger partial charge < -0.3 is 15.3 Å². The molecule has 2 aromatic carbocycles. The van der Waals surface area contributed by atoms with Crippen LogP contribution in [0.2, 0.25) is 0 Å². The van der Waals surface area contributed by atoms with Gasteiger partial charge in [0.15, 0.2) is 11.6 Å². The Kier molecular flexibility index (Phi) is 3.87. The Bertz CT molecular complexity index is 1200. The van der Waals surface area contributed by atoms with Gasteiger partial charge in [0, 0.05) is 56.1 Å². The number of phenols is 1. The van der Waals surface area contributed by atoms with Gasteiger partial charge in [0.2, 0.25) is 0 Å². The van der Waals surface area contributed by atoms with Gasteiger partial charge in [-0.15, -0.1) is 0 Å². The Hall–Kier alpha value is -3.26. The van der Waals surface area contributed by atoms with Crippen LogP contribution < -0.4 is 10.2 Å². The third-order valence-corrected chi connectivity index (χ3v) is 5.11. The minimum atomic E-state index is -0.746. The van der Waals surface area contributed by atoms with Crippen LogP contribution in [-0.4, -0.2) is 51.0 Å². The lowest BCUT2D eigenvalue weighted by Gasteiger charge is -2.29. The average molecular weight is 378 g/mol. The van der Waals surface area contributed by atoms with Crippen molar-refractivity contribution in [1.82, 2.24) is 25.1 Å². The summed E-state index contributed by atoms with van der Waals surface area (Å²) in [6.45, 7) is 3.83. The van der Waals surface area contributed by atoms with Crippen molar-refractivity contribution in [2.45, 2.75) is 0 Å². The highest BCUT2D eigenvalue weighted by Gasteiger charge is 2.18. The second-order valence-corrected chi connectivity index (χ2v) is 6.99. The van der Waals surface area contributed by atoms with Crippen molar-refractivity contribution < 1.29 is 9.50 Å². The fourth-order valence-corrected chi connectivity index (χ4v) is 3.68. The molecule has 8 heteroatoms. The molecule has 1 aliphatic rings. The first kappa shape index (κ1) is 16.9. The van der Waals surface area contributed by atoms with Crippen LogP contribution in [0.5, 0.6) is 5.75 Å². The van der Waals surface area contributed by atoms with Gasteiger partial charge in [0.1, 0.15) is 5.52 Å². The number of halogens is 1. The lowest BCUT2D eigenvalue weighted by atomic mass is 10.1. The fraction of sp³-hybridized carbons (Fsp3) is 0.250. The molecule has 142 valence electrons. The molecule has 3 heterocycles. The molecule has 0 spiro atoms. The fourth-order valence-electron chi connectivity index (χ4n) is 3.68. The number of fused-ring (bicyclic) bond motifs is 2. The first-order valence-electron chi connectivity index (χ1n) is 9.18. The zero-order valence-electron chi connectivity index (χ0n) is 15.4. The van der Waals surface area contributed by atoms with E-state index in [4.69, 9.17) is 0 Å². The van der Waals surface area contributed by atoms with Crippen molar-refractivity contribution in [1.29, 1.82) is 0 Å². The number of anilines is 1. The third kappa shape index (κ3) is 2.73. The molecule has 1 saturated heterocycles. The topological polar surface area (TPSA) is 79.1 Å². The van der Waals surface area contributed by atoms with Crippen LogP contribution in [0.15, 0.2) is 36.7 Å². The molecule has 28 heavy (non-hydrogen) atoms. The second-order valence-electron chi connectivity index (χ2n) is 6.99. The molecular weight excluding hydrogens is 359 g/mol. The van der Waals surface area contributed by atoms with E-state index < -0.39 is 11.6 Å². The van der Waals surface area contributed by atoms with Crippen molar-refractivity contribution in [3.05, 3.63) is 42.5 Å². The summed E-state index contributed by atoms with van der Waals surface area (Å²) in [5.74, 6) is -1.21. The smallest absolute Gasteiger partial charge is 0.193 e. The van der Waals surface area contributed by atoms with Gasteiger partial charge in [-0.3, -0.25) is 9.67 Å². The maximum absolute atomic E-state index is 14.5. The van der Waals surface area contributed by atoms with Crippen LogP contribution in [0, 0.1) is 5.82 Å². The summed E-state index contributed by atoms with van der Waals surface area (Å²) in [5.41, 5.74) is 3.44.